The molecule has 1 aromatic carbocycles. The number of ether oxygens (including phenoxy) is 1. The predicted octanol–water partition coefficient (Wildman–Crippen LogP) is 4.06. The van der Waals surface area contributed by atoms with E-state index in [0.717, 1.165) is 32.1 Å². The van der Waals surface area contributed by atoms with Crippen molar-refractivity contribution in [1.82, 2.24) is 0 Å². The number of anilines is 1. The third-order valence-electron chi connectivity index (χ3n) is 4.96. The van der Waals surface area contributed by atoms with Crippen molar-refractivity contribution in [3.05, 3.63) is 30.0 Å². The SMILES string of the molecule is CCOCCC1(C(=O)Nc2ccc3oc(C(=O)O)cc3c2)CCCC1. The fourth-order valence-corrected chi connectivity index (χ4v) is 3.54. The molecule has 1 fully saturated rings. The van der Waals surface area contributed by atoms with Crippen molar-refractivity contribution in [3.8, 4) is 0 Å². The molecule has 0 saturated heterocycles. The Hall–Kier alpha value is -2.34. The molecule has 2 N–H and O–H groups in total. The Bertz CT molecular complexity index is 773. The third-order valence-corrected chi connectivity index (χ3v) is 4.96. The van der Waals surface area contributed by atoms with Crippen LogP contribution in [0.15, 0.2) is 28.7 Å². The number of benzene rings is 1. The molecule has 1 aromatic heterocycles. The van der Waals surface area contributed by atoms with Crippen LogP contribution in [0.4, 0.5) is 5.69 Å². The number of aromatic carboxylic acids is 1. The minimum Gasteiger partial charge on any atom is -0.475 e. The van der Waals surface area contributed by atoms with Gasteiger partial charge in [-0.3, -0.25) is 4.79 Å². The van der Waals surface area contributed by atoms with Crippen molar-refractivity contribution >= 4 is 28.5 Å². The monoisotopic (exact) mass is 345 g/mol. The van der Waals surface area contributed by atoms with Crippen molar-refractivity contribution in [2.45, 2.75) is 39.0 Å². The van der Waals surface area contributed by atoms with Gasteiger partial charge in [0.1, 0.15) is 5.58 Å². The van der Waals surface area contributed by atoms with E-state index >= 15 is 0 Å². The normalized spacial score (nSPS) is 16.2. The molecule has 1 heterocycles. The van der Waals surface area contributed by atoms with Crippen LogP contribution in [-0.2, 0) is 9.53 Å². The molecule has 3 rings (SSSR count). The number of hydrogen-bond acceptors (Lipinski definition) is 4. The lowest BCUT2D eigenvalue weighted by Gasteiger charge is -2.27. The van der Waals surface area contributed by atoms with Crippen molar-refractivity contribution in [1.29, 1.82) is 0 Å². The fraction of sp³-hybridized carbons (Fsp3) is 0.474. The van der Waals surface area contributed by atoms with E-state index in [4.69, 9.17) is 14.3 Å². The van der Waals surface area contributed by atoms with Crippen molar-refractivity contribution in [2.75, 3.05) is 18.5 Å². The van der Waals surface area contributed by atoms with Gasteiger partial charge in [0, 0.05) is 24.3 Å². The molecule has 6 nitrogen and oxygen atoms in total. The highest BCUT2D eigenvalue weighted by Gasteiger charge is 2.40. The number of nitrogens with one attached hydrogen (secondary N) is 1. The molecule has 25 heavy (non-hydrogen) atoms. The summed E-state index contributed by atoms with van der Waals surface area (Å²) in [6, 6.07) is 6.63. The first kappa shape index (κ1) is 17.5. The maximum Gasteiger partial charge on any atom is 0.371 e. The average molecular weight is 345 g/mol. The molecule has 0 unspecified atom stereocenters. The van der Waals surface area contributed by atoms with E-state index in [1.54, 1.807) is 18.2 Å². The van der Waals surface area contributed by atoms with E-state index in [0.29, 0.717) is 29.9 Å². The summed E-state index contributed by atoms with van der Waals surface area (Å²) in [6.45, 7) is 3.19. The molecule has 2 aromatic rings. The van der Waals surface area contributed by atoms with Gasteiger partial charge in [0.2, 0.25) is 11.7 Å². The molecule has 1 aliphatic carbocycles. The number of carbonyl (C=O) groups excluding carboxylic acids is 1. The number of carboxylic acids is 1. The van der Waals surface area contributed by atoms with Crippen LogP contribution in [0.5, 0.6) is 0 Å². The highest BCUT2D eigenvalue weighted by molar-refractivity contribution is 5.98. The van der Waals surface area contributed by atoms with E-state index in [1.807, 2.05) is 6.92 Å². The number of amides is 1. The van der Waals surface area contributed by atoms with Crippen LogP contribution in [0, 0.1) is 5.41 Å². The first-order valence-corrected chi connectivity index (χ1v) is 8.70. The maximum absolute atomic E-state index is 12.9. The minimum atomic E-state index is -1.11. The highest BCUT2D eigenvalue weighted by Crippen LogP contribution is 2.42. The predicted molar refractivity (Wildman–Crippen MR) is 93.8 cm³/mol. The van der Waals surface area contributed by atoms with E-state index in [9.17, 15) is 9.59 Å². The second-order valence-corrected chi connectivity index (χ2v) is 6.56. The summed E-state index contributed by atoms with van der Waals surface area (Å²) in [7, 11) is 0. The van der Waals surface area contributed by atoms with Gasteiger partial charge in [0.25, 0.3) is 0 Å². The van der Waals surface area contributed by atoms with E-state index in [2.05, 4.69) is 5.32 Å². The summed E-state index contributed by atoms with van der Waals surface area (Å²) >= 11 is 0. The molecular formula is C19H23NO5. The fourth-order valence-electron chi connectivity index (χ4n) is 3.54. The molecule has 0 bridgehead atoms. The van der Waals surface area contributed by atoms with E-state index in [1.165, 1.54) is 6.07 Å². The summed E-state index contributed by atoms with van der Waals surface area (Å²) in [5, 5.41) is 12.7. The lowest BCUT2D eigenvalue weighted by molar-refractivity contribution is -0.126. The third kappa shape index (κ3) is 3.69. The van der Waals surface area contributed by atoms with E-state index in [-0.39, 0.29) is 17.1 Å². The number of hydrogen-bond donors (Lipinski definition) is 2. The summed E-state index contributed by atoms with van der Waals surface area (Å²) in [5.74, 6) is -1.20. The smallest absolute Gasteiger partial charge is 0.371 e. The second-order valence-electron chi connectivity index (χ2n) is 6.56. The molecule has 0 radical (unpaired) electrons. The Labute approximate surface area is 146 Å². The zero-order chi connectivity index (χ0) is 17.9. The average Bonchev–Trinajstić information content (AvgIpc) is 3.22. The second kappa shape index (κ2) is 7.27. The van der Waals surface area contributed by atoms with Crippen molar-refractivity contribution < 1.29 is 23.8 Å². The topological polar surface area (TPSA) is 88.8 Å². The van der Waals surface area contributed by atoms with Gasteiger partial charge in [-0.1, -0.05) is 12.8 Å². The lowest BCUT2D eigenvalue weighted by Crippen LogP contribution is -2.35. The number of carboxylic acid groups (broad SMARTS) is 1. The Kier molecular flexibility index (Phi) is 5.08. The zero-order valence-electron chi connectivity index (χ0n) is 14.3. The molecule has 0 spiro atoms. The Morgan fingerprint density at radius 2 is 2.04 bits per heavy atom. The van der Waals surface area contributed by atoms with Gasteiger partial charge in [-0.2, -0.15) is 0 Å². The summed E-state index contributed by atoms with van der Waals surface area (Å²) < 4.78 is 10.7. The highest BCUT2D eigenvalue weighted by atomic mass is 16.5. The molecule has 134 valence electrons. The minimum absolute atomic E-state index is 0.0195. The molecule has 1 saturated carbocycles. The number of fused-ring (bicyclic) bond motifs is 1. The van der Waals surface area contributed by atoms with E-state index < -0.39 is 5.97 Å². The molecule has 0 atom stereocenters. The number of carbonyl (C=O) groups is 2. The molecule has 6 heteroatoms. The van der Waals surface area contributed by atoms with Crippen LogP contribution in [0.3, 0.4) is 0 Å². The quantitative estimate of drug-likeness (QED) is 0.739. The van der Waals surface area contributed by atoms with Crippen LogP contribution in [-0.4, -0.2) is 30.2 Å². The summed E-state index contributed by atoms with van der Waals surface area (Å²) in [4.78, 5) is 23.9. The number of furan rings is 1. The van der Waals surface area contributed by atoms with Gasteiger partial charge in [-0.25, -0.2) is 4.79 Å². The molecular weight excluding hydrogens is 322 g/mol. The Morgan fingerprint density at radius 1 is 1.28 bits per heavy atom. The lowest BCUT2D eigenvalue weighted by atomic mass is 9.82. The van der Waals surface area contributed by atoms with Gasteiger partial charge in [0.05, 0.1) is 5.41 Å². The largest absolute Gasteiger partial charge is 0.475 e. The van der Waals surface area contributed by atoms with Gasteiger partial charge < -0.3 is 19.6 Å². The van der Waals surface area contributed by atoms with Crippen molar-refractivity contribution in [2.24, 2.45) is 5.41 Å². The van der Waals surface area contributed by atoms with Crippen molar-refractivity contribution in [3.63, 3.8) is 0 Å². The van der Waals surface area contributed by atoms with Gasteiger partial charge in [0.15, 0.2) is 0 Å². The summed E-state index contributed by atoms with van der Waals surface area (Å²) in [6.07, 6.45) is 4.60. The first-order chi connectivity index (χ1) is 12.0. The van der Waals surface area contributed by atoms with Gasteiger partial charge >= 0.3 is 5.97 Å². The maximum atomic E-state index is 12.9. The Balaban J connectivity index is 1.76. The molecule has 1 amide bonds. The molecule has 0 aliphatic heterocycles. The van der Waals surface area contributed by atoms with Gasteiger partial charge in [-0.15, -0.1) is 0 Å². The number of rotatable bonds is 7. The Morgan fingerprint density at radius 3 is 2.72 bits per heavy atom. The van der Waals surface area contributed by atoms with Crippen LogP contribution in [0.25, 0.3) is 11.0 Å². The van der Waals surface area contributed by atoms with Crippen LogP contribution >= 0.6 is 0 Å². The zero-order valence-corrected chi connectivity index (χ0v) is 14.3. The van der Waals surface area contributed by atoms with Gasteiger partial charge in [-0.05, 0) is 50.5 Å². The summed E-state index contributed by atoms with van der Waals surface area (Å²) in [5.41, 5.74) is 0.771. The van der Waals surface area contributed by atoms with Crippen LogP contribution < -0.4 is 5.32 Å². The standard InChI is InChI=1S/C19H23NO5/c1-2-24-10-9-19(7-3-4-8-19)18(23)20-14-5-6-15-13(11-14)12-16(25-15)17(21)22/h5-6,11-12H,2-4,7-10H2,1H3,(H,20,23)(H,21,22). The first-order valence-electron chi connectivity index (χ1n) is 8.70. The molecule has 1 aliphatic rings. The van der Waals surface area contributed by atoms with Crippen LogP contribution in [0.2, 0.25) is 0 Å². The van der Waals surface area contributed by atoms with Crippen LogP contribution in [0.1, 0.15) is 49.6 Å².